The molecule has 2 aromatic rings. The van der Waals surface area contributed by atoms with Crippen molar-refractivity contribution in [2.75, 3.05) is 6.61 Å². The summed E-state index contributed by atoms with van der Waals surface area (Å²) in [6, 6.07) is 15.8. The van der Waals surface area contributed by atoms with Gasteiger partial charge in [0.2, 0.25) is 5.91 Å². The Morgan fingerprint density at radius 3 is 2.21 bits per heavy atom. The summed E-state index contributed by atoms with van der Waals surface area (Å²) >= 11 is 0. The number of rotatable bonds is 10. The Morgan fingerprint density at radius 1 is 1.06 bits per heavy atom. The van der Waals surface area contributed by atoms with Crippen molar-refractivity contribution >= 4 is 18.0 Å². The summed E-state index contributed by atoms with van der Waals surface area (Å²) in [5.41, 5.74) is 3.54. The van der Waals surface area contributed by atoms with Gasteiger partial charge < -0.3 is 20.5 Å². The molecule has 2 aliphatic rings. The molecule has 2 aliphatic carbocycles. The lowest BCUT2D eigenvalue weighted by molar-refractivity contribution is -0.137. The number of alkyl carbamates (subject to hydrolysis) is 1. The van der Waals surface area contributed by atoms with Crippen LogP contribution in [0, 0.1) is 0 Å². The molecule has 2 amide bonds. The molecule has 0 aromatic heterocycles. The van der Waals surface area contributed by atoms with E-state index in [4.69, 9.17) is 9.84 Å². The third-order valence-electron chi connectivity index (χ3n) is 6.53. The van der Waals surface area contributed by atoms with Crippen LogP contribution in [0.15, 0.2) is 48.5 Å². The van der Waals surface area contributed by atoms with Gasteiger partial charge >= 0.3 is 12.1 Å². The molecule has 0 unspecified atom stereocenters. The molecule has 7 heteroatoms. The molecule has 1 fully saturated rings. The summed E-state index contributed by atoms with van der Waals surface area (Å²) in [6.45, 7) is 2.19. The summed E-state index contributed by atoms with van der Waals surface area (Å²) in [5.74, 6) is -1.34. The monoisotopic (exact) mass is 450 g/mol. The Hall–Kier alpha value is -3.35. The van der Waals surface area contributed by atoms with Gasteiger partial charge in [-0.2, -0.15) is 0 Å². The molecule has 0 saturated heterocycles. The molecule has 1 atom stereocenters. The van der Waals surface area contributed by atoms with E-state index in [2.05, 4.69) is 34.9 Å². The Kier molecular flexibility index (Phi) is 6.67. The summed E-state index contributed by atoms with van der Waals surface area (Å²) in [6.07, 6.45) is 2.59. The average Bonchev–Trinajstić information content (AvgIpc) is 3.51. The number of nitrogens with one attached hydrogen (secondary N) is 2. The van der Waals surface area contributed by atoms with Crippen LogP contribution in [0.2, 0.25) is 0 Å². The van der Waals surface area contributed by atoms with Gasteiger partial charge in [0, 0.05) is 12.0 Å². The highest BCUT2D eigenvalue weighted by molar-refractivity contribution is 5.93. The second-order valence-corrected chi connectivity index (χ2v) is 8.94. The third-order valence-corrected chi connectivity index (χ3v) is 6.53. The molecule has 7 nitrogen and oxygen atoms in total. The maximum absolute atomic E-state index is 12.8. The summed E-state index contributed by atoms with van der Waals surface area (Å²) < 4.78 is 5.58. The van der Waals surface area contributed by atoms with Crippen LogP contribution in [0.3, 0.4) is 0 Å². The lowest BCUT2D eigenvalue weighted by Gasteiger charge is -2.22. The number of carbonyl (C=O) groups is 3. The van der Waals surface area contributed by atoms with Crippen molar-refractivity contribution in [3.05, 3.63) is 59.7 Å². The van der Waals surface area contributed by atoms with Crippen LogP contribution in [-0.2, 0) is 14.3 Å². The first-order valence-corrected chi connectivity index (χ1v) is 11.6. The second-order valence-electron chi connectivity index (χ2n) is 8.94. The topological polar surface area (TPSA) is 105 Å². The third kappa shape index (κ3) is 5.02. The van der Waals surface area contributed by atoms with E-state index in [1.54, 1.807) is 0 Å². The highest BCUT2D eigenvalue weighted by atomic mass is 16.5. The summed E-state index contributed by atoms with van der Waals surface area (Å²) in [5, 5.41) is 14.7. The van der Waals surface area contributed by atoms with E-state index < -0.39 is 23.6 Å². The maximum Gasteiger partial charge on any atom is 0.408 e. The normalized spacial score (nSPS) is 16.3. The Bertz CT molecular complexity index is 1000. The smallest absolute Gasteiger partial charge is 0.408 e. The number of benzene rings is 2. The number of ether oxygens (including phenoxy) is 1. The first-order valence-electron chi connectivity index (χ1n) is 11.6. The molecule has 0 spiro atoms. The van der Waals surface area contributed by atoms with E-state index in [1.807, 2.05) is 31.2 Å². The highest BCUT2D eigenvalue weighted by Crippen LogP contribution is 2.44. The van der Waals surface area contributed by atoms with Gasteiger partial charge in [0.1, 0.15) is 12.1 Å². The van der Waals surface area contributed by atoms with E-state index in [0.717, 1.165) is 35.1 Å². The van der Waals surface area contributed by atoms with Crippen molar-refractivity contribution in [1.82, 2.24) is 10.6 Å². The molecule has 0 radical (unpaired) electrons. The molecule has 33 heavy (non-hydrogen) atoms. The van der Waals surface area contributed by atoms with Crippen molar-refractivity contribution < 1.29 is 24.2 Å². The minimum atomic E-state index is -1.01. The van der Waals surface area contributed by atoms with Crippen LogP contribution in [-0.4, -0.2) is 41.3 Å². The van der Waals surface area contributed by atoms with Gasteiger partial charge in [-0.3, -0.25) is 9.59 Å². The average molecular weight is 451 g/mol. The SMILES string of the molecule is CCCC[C@H](CC(=O)O)NC(=O)C1(NC(=O)OCC2c3ccccc3-c3ccccc32)CC1. The van der Waals surface area contributed by atoms with Crippen molar-refractivity contribution in [2.45, 2.75) is 62.9 Å². The fourth-order valence-corrected chi connectivity index (χ4v) is 4.57. The lowest BCUT2D eigenvalue weighted by atomic mass is 9.98. The molecule has 0 heterocycles. The fraction of sp³-hybridized carbons (Fsp3) is 0.423. The number of amides is 2. The van der Waals surface area contributed by atoms with Gasteiger partial charge in [0.05, 0.1) is 6.42 Å². The minimum Gasteiger partial charge on any atom is -0.481 e. The first kappa shape index (κ1) is 22.8. The van der Waals surface area contributed by atoms with Gasteiger partial charge in [-0.1, -0.05) is 68.3 Å². The van der Waals surface area contributed by atoms with Gasteiger partial charge in [0.25, 0.3) is 0 Å². The van der Waals surface area contributed by atoms with Crippen molar-refractivity contribution in [2.24, 2.45) is 0 Å². The number of carboxylic acid groups (broad SMARTS) is 1. The van der Waals surface area contributed by atoms with E-state index in [-0.39, 0.29) is 24.9 Å². The summed E-state index contributed by atoms with van der Waals surface area (Å²) in [4.78, 5) is 36.6. The first-order chi connectivity index (χ1) is 15.9. The number of carboxylic acids is 1. The Labute approximate surface area is 193 Å². The van der Waals surface area contributed by atoms with Crippen molar-refractivity contribution in [3.63, 3.8) is 0 Å². The molecule has 1 saturated carbocycles. The lowest BCUT2D eigenvalue weighted by Crippen LogP contribution is -2.52. The van der Waals surface area contributed by atoms with Crippen LogP contribution in [0.25, 0.3) is 11.1 Å². The molecule has 0 bridgehead atoms. The maximum atomic E-state index is 12.8. The van der Waals surface area contributed by atoms with E-state index >= 15 is 0 Å². The molecular weight excluding hydrogens is 420 g/mol. The number of carbonyl (C=O) groups excluding carboxylic acids is 2. The van der Waals surface area contributed by atoms with Gasteiger partial charge in [-0.05, 0) is 41.5 Å². The zero-order valence-corrected chi connectivity index (χ0v) is 18.8. The van der Waals surface area contributed by atoms with Crippen LogP contribution in [0.4, 0.5) is 4.79 Å². The standard InChI is InChI=1S/C26H30N2O5/c1-2-3-8-17(15-23(29)30)27-24(31)26(13-14-26)28-25(32)33-16-22-20-11-6-4-9-18(20)19-10-5-7-12-21(19)22/h4-7,9-12,17,22H,2-3,8,13-16H2,1H3,(H,27,31)(H,28,32)(H,29,30)/t17-/m1/s1. The Morgan fingerprint density at radius 2 is 1.67 bits per heavy atom. The largest absolute Gasteiger partial charge is 0.481 e. The Balaban J connectivity index is 1.36. The van der Waals surface area contributed by atoms with E-state index in [9.17, 15) is 14.4 Å². The zero-order chi connectivity index (χ0) is 23.4. The predicted octanol–water partition coefficient (Wildman–Crippen LogP) is 4.21. The molecule has 4 rings (SSSR count). The quantitative estimate of drug-likeness (QED) is 0.503. The zero-order valence-electron chi connectivity index (χ0n) is 18.8. The van der Waals surface area contributed by atoms with Crippen LogP contribution in [0.1, 0.15) is 62.5 Å². The van der Waals surface area contributed by atoms with Gasteiger partial charge in [-0.15, -0.1) is 0 Å². The number of hydrogen-bond acceptors (Lipinski definition) is 4. The van der Waals surface area contributed by atoms with Crippen molar-refractivity contribution in [1.29, 1.82) is 0 Å². The van der Waals surface area contributed by atoms with Crippen LogP contribution >= 0.6 is 0 Å². The predicted molar refractivity (Wildman–Crippen MR) is 124 cm³/mol. The second kappa shape index (κ2) is 9.65. The van der Waals surface area contributed by atoms with Gasteiger partial charge in [-0.25, -0.2) is 4.79 Å². The van der Waals surface area contributed by atoms with Crippen molar-refractivity contribution in [3.8, 4) is 11.1 Å². The number of hydrogen-bond donors (Lipinski definition) is 3. The summed E-state index contributed by atoms with van der Waals surface area (Å²) in [7, 11) is 0. The molecule has 3 N–H and O–H groups in total. The number of aliphatic carboxylic acids is 1. The molecule has 0 aliphatic heterocycles. The molecule has 174 valence electrons. The van der Waals surface area contributed by atoms with Gasteiger partial charge in [0.15, 0.2) is 0 Å². The number of unbranched alkanes of at least 4 members (excludes halogenated alkanes) is 1. The fourth-order valence-electron chi connectivity index (χ4n) is 4.57. The molecule has 2 aromatic carbocycles. The van der Waals surface area contributed by atoms with E-state index in [0.29, 0.717) is 19.3 Å². The molecular formula is C26H30N2O5. The van der Waals surface area contributed by atoms with E-state index in [1.165, 1.54) is 0 Å². The number of fused-ring (bicyclic) bond motifs is 3. The van der Waals surface area contributed by atoms with Crippen LogP contribution < -0.4 is 10.6 Å². The van der Waals surface area contributed by atoms with Crippen LogP contribution in [0.5, 0.6) is 0 Å². The highest BCUT2D eigenvalue weighted by Gasteiger charge is 2.52. The minimum absolute atomic E-state index is 0.0545.